The number of piperidine rings is 1. The van der Waals surface area contributed by atoms with Gasteiger partial charge in [0.15, 0.2) is 0 Å². The normalized spacial score (nSPS) is 17.2. The molecule has 0 bridgehead atoms. The molecule has 0 spiro atoms. The zero-order valence-electron chi connectivity index (χ0n) is 18.9. The van der Waals surface area contributed by atoms with Crippen LogP contribution >= 0.6 is 12.4 Å². The van der Waals surface area contributed by atoms with Crippen molar-refractivity contribution in [2.45, 2.75) is 44.6 Å². The molecule has 0 saturated carbocycles. The van der Waals surface area contributed by atoms with E-state index in [1.54, 1.807) is 14.2 Å². The van der Waals surface area contributed by atoms with Crippen LogP contribution in [0.5, 0.6) is 11.5 Å². The summed E-state index contributed by atoms with van der Waals surface area (Å²) in [6.45, 7) is 4.81. The summed E-state index contributed by atoms with van der Waals surface area (Å²) in [7, 11) is 3.47. The van der Waals surface area contributed by atoms with Crippen LogP contribution in [0.15, 0.2) is 48.5 Å². The fourth-order valence-corrected chi connectivity index (χ4v) is 4.78. The highest BCUT2D eigenvalue weighted by atomic mass is 35.5. The van der Waals surface area contributed by atoms with Gasteiger partial charge in [-0.2, -0.15) is 0 Å². The van der Waals surface area contributed by atoms with Crippen molar-refractivity contribution in [1.29, 1.82) is 0 Å². The molecule has 1 aliphatic heterocycles. The molecule has 174 valence electrons. The van der Waals surface area contributed by atoms with Crippen molar-refractivity contribution in [3.05, 3.63) is 59.7 Å². The number of quaternary nitrogens is 1. The van der Waals surface area contributed by atoms with E-state index >= 15 is 0 Å². The van der Waals surface area contributed by atoms with Gasteiger partial charge in [0.2, 0.25) is 0 Å². The molecule has 2 N–H and O–H groups in total. The minimum absolute atomic E-state index is 0. The second kappa shape index (κ2) is 13.8. The zero-order valence-corrected chi connectivity index (χ0v) is 20.5. The lowest BCUT2D eigenvalue weighted by atomic mass is 10.00. The molecule has 2 aromatic rings. The first-order valence-electron chi connectivity index (χ1n) is 11.0. The summed E-state index contributed by atoms with van der Waals surface area (Å²) in [5.41, 5.74) is 9.13. The first kappa shape index (κ1) is 27.6. The van der Waals surface area contributed by atoms with Crippen molar-refractivity contribution in [2.75, 3.05) is 40.4 Å². The van der Waals surface area contributed by atoms with E-state index in [4.69, 9.17) is 15.2 Å². The van der Waals surface area contributed by atoms with Crippen LogP contribution in [-0.4, -0.2) is 50.9 Å². The molecule has 2 aromatic carbocycles. The molecule has 1 heterocycles. The maximum atomic E-state index is 6.40. The highest BCUT2D eigenvalue weighted by Crippen LogP contribution is 2.23. The molecule has 6 heteroatoms. The van der Waals surface area contributed by atoms with Gasteiger partial charge in [0.1, 0.15) is 11.5 Å². The Labute approximate surface area is 200 Å². The average Bonchev–Trinajstić information content (AvgIpc) is 2.74. The molecular formula is C25H38Cl2N2O2. The molecule has 1 saturated heterocycles. The summed E-state index contributed by atoms with van der Waals surface area (Å²) in [4.78, 5) is 0. The van der Waals surface area contributed by atoms with Crippen LogP contribution < -0.4 is 27.6 Å². The first-order chi connectivity index (χ1) is 14.1. The molecular weight excluding hydrogens is 431 g/mol. The summed E-state index contributed by atoms with van der Waals surface area (Å²) in [5.74, 6) is 1.90. The van der Waals surface area contributed by atoms with E-state index in [0.717, 1.165) is 30.9 Å². The van der Waals surface area contributed by atoms with Gasteiger partial charge < -0.3 is 32.1 Å². The number of nitrogens with two attached hydrogens (primary N) is 1. The van der Waals surface area contributed by atoms with Gasteiger partial charge in [0, 0.05) is 12.8 Å². The molecule has 0 radical (unpaired) electrons. The Morgan fingerprint density at radius 1 is 0.903 bits per heavy atom. The maximum absolute atomic E-state index is 6.40. The van der Waals surface area contributed by atoms with E-state index in [9.17, 15) is 0 Å². The SMILES string of the molecule is COc1cccc(CCC[N+]2(CCCc3cccc(OC)c3)CCCC(N)C2)c1.Cl.[Cl-]. The molecule has 1 unspecified atom stereocenters. The van der Waals surface area contributed by atoms with Gasteiger partial charge in [-0.1, -0.05) is 24.3 Å². The quantitative estimate of drug-likeness (QED) is 0.538. The van der Waals surface area contributed by atoms with Crippen molar-refractivity contribution < 1.29 is 26.4 Å². The maximum Gasteiger partial charge on any atom is 0.119 e. The zero-order chi connectivity index (χ0) is 20.5. The van der Waals surface area contributed by atoms with E-state index in [1.165, 1.54) is 60.9 Å². The van der Waals surface area contributed by atoms with E-state index < -0.39 is 0 Å². The summed E-state index contributed by atoms with van der Waals surface area (Å²) in [6, 6.07) is 17.3. The second-order valence-electron chi connectivity index (χ2n) is 8.51. The Hall–Kier alpha value is -1.46. The van der Waals surface area contributed by atoms with Crippen LogP contribution in [0.25, 0.3) is 0 Å². The number of likely N-dealkylation sites (tertiary alicyclic amines) is 1. The minimum atomic E-state index is 0. The summed E-state index contributed by atoms with van der Waals surface area (Å²) >= 11 is 0. The minimum Gasteiger partial charge on any atom is -1.00 e. The molecule has 3 rings (SSSR count). The molecule has 1 aliphatic rings. The first-order valence-corrected chi connectivity index (χ1v) is 11.0. The standard InChI is InChI=1S/C25H37N2O2.2ClH/c1-28-24-13-3-8-21(18-24)10-5-15-27(17-7-12-23(26)20-27)16-6-11-22-9-4-14-25(19-22)29-2;;/h3-4,8-9,13-14,18-19,23H,5-7,10-12,15-17,20,26H2,1-2H3;2*1H/q+1;;/p-1. The van der Waals surface area contributed by atoms with E-state index in [0.29, 0.717) is 6.04 Å². The molecule has 31 heavy (non-hydrogen) atoms. The summed E-state index contributed by atoms with van der Waals surface area (Å²) in [5, 5.41) is 0. The molecule has 0 aromatic heterocycles. The third-order valence-corrected chi connectivity index (χ3v) is 6.29. The fourth-order valence-electron chi connectivity index (χ4n) is 4.78. The van der Waals surface area contributed by atoms with Gasteiger partial charge in [-0.3, -0.25) is 0 Å². The largest absolute Gasteiger partial charge is 1.00 e. The topological polar surface area (TPSA) is 44.5 Å². The van der Waals surface area contributed by atoms with Gasteiger partial charge in [-0.15, -0.1) is 12.4 Å². The number of halogens is 2. The lowest BCUT2D eigenvalue weighted by Crippen LogP contribution is -3.00. The Morgan fingerprint density at radius 3 is 1.87 bits per heavy atom. The Balaban J connectivity index is 0.00000240. The highest BCUT2D eigenvalue weighted by molar-refractivity contribution is 5.85. The fraction of sp³-hybridized carbons (Fsp3) is 0.520. The third-order valence-electron chi connectivity index (χ3n) is 6.29. The summed E-state index contributed by atoms with van der Waals surface area (Å²) in [6.07, 6.45) is 7.01. The molecule has 0 aliphatic carbocycles. The molecule has 0 amide bonds. The number of aryl methyl sites for hydroxylation is 2. The highest BCUT2D eigenvalue weighted by Gasteiger charge is 2.32. The van der Waals surface area contributed by atoms with Gasteiger partial charge in [0.25, 0.3) is 0 Å². The molecule has 4 nitrogen and oxygen atoms in total. The number of benzene rings is 2. The average molecular weight is 469 g/mol. The summed E-state index contributed by atoms with van der Waals surface area (Å²) < 4.78 is 11.9. The number of nitrogens with zero attached hydrogens (tertiary/aromatic N) is 1. The number of methoxy groups -OCH3 is 2. The lowest BCUT2D eigenvalue weighted by Gasteiger charge is -2.44. The van der Waals surface area contributed by atoms with Crippen LogP contribution in [0.1, 0.15) is 36.8 Å². The number of hydrogen-bond donors (Lipinski definition) is 1. The van der Waals surface area contributed by atoms with Gasteiger partial charge in [0.05, 0.1) is 46.4 Å². The van der Waals surface area contributed by atoms with E-state index in [-0.39, 0.29) is 24.8 Å². The van der Waals surface area contributed by atoms with Crippen molar-refractivity contribution in [1.82, 2.24) is 0 Å². The van der Waals surface area contributed by atoms with Crippen LogP contribution in [0, 0.1) is 0 Å². The van der Waals surface area contributed by atoms with Gasteiger partial charge in [-0.05, 0) is 61.1 Å². The lowest BCUT2D eigenvalue weighted by molar-refractivity contribution is -0.933. The number of rotatable bonds is 10. The number of hydrogen-bond acceptors (Lipinski definition) is 3. The van der Waals surface area contributed by atoms with Crippen molar-refractivity contribution in [3.8, 4) is 11.5 Å². The predicted octanol–water partition coefficient (Wildman–Crippen LogP) is 1.63. The molecule has 1 atom stereocenters. The number of ether oxygens (including phenoxy) is 2. The monoisotopic (exact) mass is 468 g/mol. The van der Waals surface area contributed by atoms with E-state index in [1.807, 2.05) is 12.1 Å². The van der Waals surface area contributed by atoms with Crippen molar-refractivity contribution >= 4 is 12.4 Å². The van der Waals surface area contributed by atoms with Crippen LogP contribution in [-0.2, 0) is 12.8 Å². The van der Waals surface area contributed by atoms with Crippen molar-refractivity contribution in [3.63, 3.8) is 0 Å². The van der Waals surface area contributed by atoms with Crippen LogP contribution in [0.4, 0.5) is 0 Å². The predicted molar refractivity (Wildman–Crippen MR) is 127 cm³/mol. The third kappa shape index (κ3) is 8.53. The Kier molecular flexibility index (Phi) is 12.3. The smallest absolute Gasteiger partial charge is 0.119 e. The van der Waals surface area contributed by atoms with Gasteiger partial charge >= 0.3 is 0 Å². The second-order valence-corrected chi connectivity index (χ2v) is 8.51. The Bertz CT molecular complexity index is 719. The van der Waals surface area contributed by atoms with Crippen LogP contribution in [0.3, 0.4) is 0 Å². The van der Waals surface area contributed by atoms with Crippen LogP contribution in [0.2, 0.25) is 0 Å². The Morgan fingerprint density at radius 2 is 1.42 bits per heavy atom. The van der Waals surface area contributed by atoms with E-state index in [2.05, 4.69) is 36.4 Å². The molecule has 1 fully saturated rings. The van der Waals surface area contributed by atoms with Gasteiger partial charge in [-0.25, -0.2) is 0 Å². The van der Waals surface area contributed by atoms with Crippen molar-refractivity contribution in [2.24, 2.45) is 5.73 Å².